The Kier molecular flexibility index (Phi) is 10.7. The van der Waals surface area contributed by atoms with Crippen molar-refractivity contribution in [3.05, 3.63) is 41.9 Å². The maximum atomic E-state index is 14.2. The molecule has 0 bridgehead atoms. The van der Waals surface area contributed by atoms with Crippen LogP contribution in [0.25, 0.3) is 11.1 Å². The zero-order valence-electron chi connectivity index (χ0n) is 29.9. The first-order chi connectivity index (χ1) is 23.8. The van der Waals surface area contributed by atoms with Gasteiger partial charge in [-0.25, -0.2) is 9.59 Å². The van der Waals surface area contributed by atoms with Gasteiger partial charge >= 0.3 is 18.4 Å². The number of rotatable bonds is 6. The summed E-state index contributed by atoms with van der Waals surface area (Å²) in [6, 6.07) is 2.38. The quantitative estimate of drug-likeness (QED) is 0.245. The van der Waals surface area contributed by atoms with E-state index in [4.69, 9.17) is 13.9 Å². The molecule has 51 heavy (non-hydrogen) atoms. The highest BCUT2D eigenvalue weighted by molar-refractivity contribution is 6.16. The number of halogens is 3. The average molecular weight is 718 g/mol. The largest absolute Gasteiger partial charge is 0.444 e. The van der Waals surface area contributed by atoms with Crippen molar-refractivity contribution in [3.8, 4) is 0 Å². The van der Waals surface area contributed by atoms with E-state index in [1.54, 1.807) is 47.7 Å². The van der Waals surface area contributed by atoms with Crippen LogP contribution in [0.3, 0.4) is 0 Å². The van der Waals surface area contributed by atoms with Gasteiger partial charge in [-0.2, -0.15) is 13.2 Å². The molecule has 3 aromatic heterocycles. The Balaban J connectivity index is 1.46. The smallest absolute Gasteiger partial charge is 0.414 e. The number of anilines is 3. The molecule has 3 N–H and O–H groups in total. The van der Waals surface area contributed by atoms with Crippen molar-refractivity contribution in [2.24, 2.45) is 5.92 Å². The van der Waals surface area contributed by atoms with Crippen LogP contribution in [-0.2, 0) is 9.47 Å². The third-order valence-electron chi connectivity index (χ3n) is 8.60. The summed E-state index contributed by atoms with van der Waals surface area (Å²) in [5.41, 5.74) is -0.0573. The number of nitrogens with one attached hydrogen (secondary N) is 3. The lowest BCUT2D eigenvalue weighted by molar-refractivity contribution is -0.177. The van der Waals surface area contributed by atoms with Gasteiger partial charge < -0.3 is 34.3 Å². The fourth-order valence-corrected chi connectivity index (χ4v) is 6.31. The average Bonchev–Trinajstić information content (AvgIpc) is 3.36. The van der Waals surface area contributed by atoms with Crippen LogP contribution in [0.5, 0.6) is 0 Å². The van der Waals surface area contributed by atoms with E-state index in [1.807, 2.05) is 6.07 Å². The highest BCUT2D eigenvalue weighted by Crippen LogP contribution is 2.38. The lowest BCUT2D eigenvalue weighted by atomic mass is 9.90. The number of fused-ring (bicyclic) bond motifs is 1. The molecule has 0 unspecified atom stereocenters. The van der Waals surface area contributed by atoms with Gasteiger partial charge in [0.15, 0.2) is 5.58 Å². The molecule has 0 aromatic carbocycles. The van der Waals surface area contributed by atoms with Gasteiger partial charge in [0, 0.05) is 25.5 Å². The lowest BCUT2D eigenvalue weighted by Gasteiger charge is -2.40. The van der Waals surface area contributed by atoms with Gasteiger partial charge in [0.05, 0.1) is 29.5 Å². The van der Waals surface area contributed by atoms with Crippen LogP contribution in [0.15, 0.2) is 35.1 Å². The van der Waals surface area contributed by atoms with E-state index in [9.17, 15) is 27.6 Å². The molecular weight excluding hydrogens is 671 g/mol. The van der Waals surface area contributed by atoms with Gasteiger partial charge in [-0.3, -0.25) is 20.1 Å². The molecule has 2 fully saturated rings. The Bertz CT molecular complexity index is 1740. The van der Waals surface area contributed by atoms with Crippen molar-refractivity contribution >= 4 is 46.5 Å². The Morgan fingerprint density at radius 2 is 1.61 bits per heavy atom. The van der Waals surface area contributed by atoms with Crippen LogP contribution in [0.1, 0.15) is 82.6 Å². The number of furan rings is 1. The lowest BCUT2D eigenvalue weighted by Crippen LogP contribution is -2.54. The number of amides is 3. The van der Waals surface area contributed by atoms with Crippen LogP contribution in [-0.4, -0.2) is 89.6 Å². The van der Waals surface area contributed by atoms with E-state index in [0.29, 0.717) is 0 Å². The molecule has 16 heteroatoms. The Hall–Kier alpha value is -4.60. The number of alkyl halides is 3. The second kappa shape index (κ2) is 14.6. The first-order valence-electron chi connectivity index (χ1n) is 16.9. The molecule has 2 aliphatic heterocycles. The number of carbonyl (C=O) groups excluding carboxylic acids is 3. The summed E-state index contributed by atoms with van der Waals surface area (Å²) >= 11 is 0. The molecule has 3 aromatic rings. The normalized spacial score (nSPS) is 19.5. The van der Waals surface area contributed by atoms with Crippen LogP contribution < -0.4 is 20.9 Å². The van der Waals surface area contributed by atoms with Crippen molar-refractivity contribution in [3.63, 3.8) is 0 Å². The second-order valence-electron chi connectivity index (χ2n) is 15.2. The fourth-order valence-electron chi connectivity index (χ4n) is 6.31. The number of hydrogen-bond acceptors (Lipinski definition) is 10. The predicted molar refractivity (Wildman–Crippen MR) is 185 cm³/mol. The third-order valence-corrected chi connectivity index (χ3v) is 8.60. The van der Waals surface area contributed by atoms with E-state index in [1.165, 1.54) is 23.4 Å². The summed E-state index contributed by atoms with van der Waals surface area (Å²) < 4.78 is 59.2. The van der Waals surface area contributed by atoms with Gasteiger partial charge in [-0.05, 0) is 105 Å². The molecule has 0 radical (unpaired) electrons. The van der Waals surface area contributed by atoms with E-state index < -0.39 is 54.0 Å². The van der Waals surface area contributed by atoms with Crippen LogP contribution >= 0.6 is 0 Å². The molecule has 2 atom stereocenters. The predicted octanol–water partition coefficient (Wildman–Crippen LogP) is 6.91. The number of piperidine rings is 2. The Labute approximate surface area is 294 Å². The van der Waals surface area contributed by atoms with Crippen LogP contribution in [0.2, 0.25) is 0 Å². The molecule has 0 aliphatic carbocycles. The second-order valence-corrected chi connectivity index (χ2v) is 15.2. The highest BCUT2D eigenvalue weighted by Gasteiger charge is 2.45. The fraction of sp³-hybridized carbons (Fsp3) is 0.571. The van der Waals surface area contributed by atoms with Crippen molar-refractivity contribution in [1.29, 1.82) is 0 Å². The van der Waals surface area contributed by atoms with Crippen molar-refractivity contribution in [1.82, 2.24) is 20.2 Å². The molecule has 2 aliphatic rings. The van der Waals surface area contributed by atoms with Crippen molar-refractivity contribution in [2.45, 2.75) is 90.1 Å². The number of nitrogens with zero attached hydrogens (tertiary/aromatic N) is 4. The third kappa shape index (κ3) is 9.80. The molecule has 0 spiro atoms. The number of ether oxygens (including phenoxy) is 2. The molecule has 13 nitrogen and oxygen atoms in total. The van der Waals surface area contributed by atoms with E-state index in [0.717, 1.165) is 31.5 Å². The first kappa shape index (κ1) is 37.7. The van der Waals surface area contributed by atoms with E-state index in [-0.39, 0.29) is 52.8 Å². The van der Waals surface area contributed by atoms with Crippen LogP contribution in [0, 0.1) is 5.92 Å². The summed E-state index contributed by atoms with van der Waals surface area (Å²) in [6.45, 7) is 11.5. The number of alkyl carbamates (subject to hydrolysis) is 1. The number of carbonyl (C=O) groups is 3. The van der Waals surface area contributed by atoms with Crippen molar-refractivity contribution in [2.75, 3.05) is 48.8 Å². The number of likely N-dealkylation sites (tertiary alicyclic amines) is 1. The monoisotopic (exact) mass is 717 g/mol. The zero-order chi connectivity index (χ0) is 37.3. The zero-order valence-corrected chi connectivity index (χ0v) is 29.9. The minimum atomic E-state index is -4.56. The summed E-state index contributed by atoms with van der Waals surface area (Å²) in [5, 5.41) is 7.85. The van der Waals surface area contributed by atoms with Crippen molar-refractivity contribution < 1.29 is 41.4 Å². The number of hydrogen-bond donors (Lipinski definition) is 3. The molecule has 5 rings (SSSR count). The molecule has 2 saturated heterocycles. The highest BCUT2D eigenvalue weighted by atomic mass is 19.4. The number of aromatic nitrogens is 2. The summed E-state index contributed by atoms with van der Waals surface area (Å²) in [4.78, 5) is 51.9. The molecule has 278 valence electrons. The van der Waals surface area contributed by atoms with Gasteiger partial charge in [-0.15, -0.1) is 0 Å². The topological polar surface area (TPSA) is 151 Å². The van der Waals surface area contributed by atoms with Crippen LogP contribution in [0.4, 0.5) is 40.0 Å². The van der Waals surface area contributed by atoms with Gasteiger partial charge in [0.25, 0.3) is 5.91 Å². The summed E-state index contributed by atoms with van der Waals surface area (Å²) in [6.07, 6.45) is -0.348. The maximum absolute atomic E-state index is 14.2. The molecule has 0 saturated carbocycles. The summed E-state index contributed by atoms with van der Waals surface area (Å²) in [7, 11) is 2.07. The van der Waals surface area contributed by atoms with Gasteiger partial charge in [0.2, 0.25) is 5.88 Å². The Morgan fingerprint density at radius 1 is 0.941 bits per heavy atom. The minimum Gasteiger partial charge on any atom is -0.444 e. The standard InChI is InChI=1S/C35H46F3N7O6/c1-33(2,3)50-31(47)41-23-15-22(35(36,37)38)18-45(19-23)25-8-11-39-17-24(25)42-29(46)27-28-26(49-30(27)43-32(48)51-34(4,5)6)14-21(16-40-28)20-9-12-44(7)13-10-20/h8,11,14,16-17,20,22-23H,9-10,12-13,15,18-19H2,1-7H3,(H,41,47)(H,42,46)(H,43,48)/t22-,23+/m1/s1. The number of pyridine rings is 2. The van der Waals surface area contributed by atoms with Gasteiger partial charge in [-0.1, -0.05) is 0 Å². The first-order valence-corrected chi connectivity index (χ1v) is 16.9. The Morgan fingerprint density at radius 3 is 2.25 bits per heavy atom. The van der Waals surface area contributed by atoms with E-state index in [2.05, 4.69) is 37.9 Å². The van der Waals surface area contributed by atoms with E-state index >= 15 is 0 Å². The summed E-state index contributed by atoms with van der Waals surface area (Å²) in [5.74, 6) is -2.50. The SMILES string of the molecule is CN1CCC(c2cnc3c(C(=O)Nc4cnccc4N4C[C@@H](NC(=O)OC(C)(C)C)C[C@@H](C(F)(F)F)C4)c(NC(=O)OC(C)(C)C)oc3c2)CC1. The molecule has 5 heterocycles. The molecule has 3 amide bonds. The van der Waals surface area contributed by atoms with Gasteiger partial charge in [0.1, 0.15) is 22.3 Å². The molecular formula is C35H46F3N7O6. The maximum Gasteiger partial charge on any atom is 0.414 e. The minimum absolute atomic E-state index is 0.0000867.